The zero-order chi connectivity index (χ0) is 18.1. The molecule has 7 heteroatoms. The van der Waals surface area contributed by atoms with Crippen LogP contribution in [0.1, 0.15) is 16.8 Å². The second-order valence-corrected chi connectivity index (χ2v) is 7.19. The highest BCUT2D eigenvalue weighted by Crippen LogP contribution is 2.23. The molecule has 0 saturated carbocycles. The van der Waals surface area contributed by atoms with Gasteiger partial charge in [-0.1, -0.05) is 23.2 Å². The van der Waals surface area contributed by atoms with E-state index in [0.29, 0.717) is 29.0 Å². The number of nitrogens with zero attached hydrogens (tertiary/aromatic N) is 3. The molecule has 5 nitrogen and oxygen atoms in total. The maximum Gasteiger partial charge on any atom is 0.255 e. The lowest BCUT2D eigenvalue weighted by molar-refractivity contribution is 0.242. The fraction of sp³-hybridized carbons (Fsp3) is 0.211. The zero-order valence-corrected chi connectivity index (χ0v) is 15.4. The third-order valence-electron chi connectivity index (χ3n) is 4.41. The van der Waals surface area contributed by atoms with Crippen LogP contribution >= 0.6 is 23.2 Å². The van der Waals surface area contributed by atoms with E-state index < -0.39 is 0 Å². The topological polar surface area (TPSA) is 61.9 Å². The normalized spacial score (nSPS) is 14.2. The first-order valence-corrected chi connectivity index (χ1v) is 9.04. The van der Waals surface area contributed by atoms with E-state index in [4.69, 9.17) is 23.2 Å². The van der Waals surface area contributed by atoms with Crippen LogP contribution in [-0.4, -0.2) is 26.4 Å². The van der Waals surface area contributed by atoms with Gasteiger partial charge in [-0.3, -0.25) is 14.7 Å². The minimum absolute atomic E-state index is 0.0947. The summed E-state index contributed by atoms with van der Waals surface area (Å²) in [5.41, 5.74) is 3.32. The molecule has 0 fully saturated rings. The summed E-state index contributed by atoms with van der Waals surface area (Å²) in [4.78, 5) is 26.4. The van der Waals surface area contributed by atoms with Crippen LogP contribution in [0.3, 0.4) is 0 Å². The molecule has 4 rings (SSSR count). The molecular weight excluding hydrogens is 371 g/mol. The second kappa shape index (κ2) is 7.19. The van der Waals surface area contributed by atoms with E-state index in [1.54, 1.807) is 18.5 Å². The highest BCUT2D eigenvalue weighted by atomic mass is 35.5. The Morgan fingerprint density at radius 1 is 1.19 bits per heavy atom. The minimum atomic E-state index is -0.0947. The van der Waals surface area contributed by atoms with Crippen molar-refractivity contribution in [2.75, 3.05) is 6.54 Å². The summed E-state index contributed by atoms with van der Waals surface area (Å²) in [5.74, 6) is 0.567. The predicted octanol–water partition coefficient (Wildman–Crippen LogP) is 3.70. The van der Waals surface area contributed by atoms with Crippen LogP contribution in [0.2, 0.25) is 10.0 Å². The third-order valence-corrected chi connectivity index (χ3v) is 4.85. The Balaban J connectivity index is 1.58. The SMILES string of the molecule is O=c1[nH]c(-c2cccnc2)nc2c1CN(Cc1cc(Cl)cc(Cl)c1)CC2. The Bertz CT molecular complexity index is 984. The second-order valence-electron chi connectivity index (χ2n) is 6.32. The standard InChI is InChI=1S/C19H16Cl2N4O/c20-14-6-12(7-15(21)8-14)10-25-5-3-17-16(11-25)19(26)24-18(23-17)13-2-1-4-22-9-13/h1-2,4,6-9H,3,5,10-11H2,(H,23,24,26). The number of hydrogen-bond donors (Lipinski definition) is 1. The van der Waals surface area contributed by atoms with Crippen molar-refractivity contribution < 1.29 is 0 Å². The van der Waals surface area contributed by atoms with Gasteiger partial charge in [-0.05, 0) is 35.9 Å². The number of H-pyrrole nitrogens is 1. The Labute approximate surface area is 160 Å². The number of hydrogen-bond acceptors (Lipinski definition) is 4. The lowest BCUT2D eigenvalue weighted by Crippen LogP contribution is -2.35. The molecule has 0 aliphatic carbocycles. The van der Waals surface area contributed by atoms with E-state index >= 15 is 0 Å². The number of aromatic nitrogens is 3. The number of nitrogens with one attached hydrogen (secondary N) is 1. The summed E-state index contributed by atoms with van der Waals surface area (Å²) >= 11 is 12.2. The van der Waals surface area contributed by atoms with Crippen molar-refractivity contribution in [2.45, 2.75) is 19.5 Å². The molecule has 3 aromatic rings. The molecule has 26 heavy (non-hydrogen) atoms. The van der Waals surface area contributed by atoms with Gasteiger partial charge in [0.2, 0.25) is 0 Å². The van der Waals surface area contributed by atoms with Gasteiger partial charge >= 0.3 is 0 Å². The fourth-order valence-electron chi connectivity index (χ4n) is 3.22. The van der Waals surface area contributed by atoms with Crippen molar-refractivity contribution in [3.05, 3.63) is 79.9 Å². The number of fused-ring (bicyclic) bond motifs is 1. The summed E-state index contributed by atoms with van der Waals surface area (Å²) in [6, 6.07) is 9.23. The van der Waals surface area contributed by atoms with E-state index in [1.165, 1.54) is 0 Å². The Morgan fingerprint density at radius 3 is 2.73 bits per heavy atom. The average Bonchev–Trinajstić information content (AvgIpc) is 2.62. The van der Waals surface area contributed by atoms with Gasteiger partial charge in [0.05, 0.1) is 11.3 Å². The van der Waals surface area contributed by atoms with Gasteiger partial charge in [-0.15, -0.1) is 0 Å². The highest BCUT2D eigenvalue weighted by Gasteiger charge is 2.21. The van der Waals surface area contributed by atoms with Gasteiger partial charge in [0.15, 0.2) is 0 Å². The smallest absolute Gasteiger partial charge is 0.255 e. The largest absolute Gasteiger partial charge is 0.306 e. The molecule has 1 aliphatic heterocycles. The van der Waals surface area contributed by atoms with E-state index in [0.717, 1.165) is 35.3 Å². The molecule has 0 amide bonds. The Kier molecular flexibility index (Phi) is 4.76. The number of pyridine rings is 1. The first-order chi connectivity index (χ1) is 12.6. The van der Waals surface area contributed by atoms with Gasteiger partial charge in [-0.2, -0.15) is 0 Å². The molecule has 0 spiro atoms. The molecule has 0 radical (unpaired) electrons. The quantitative estimate of drug-likeness (QED) is 0.745. The summed E-state index contributed by atoms with van der Waals surface area (Å²) in [5, 5.41) is 1.23. The van der Waals surface area contributed by atoms with Crippen LogP contribution in [0.5, 0.6) is 0 Å². The maximum absolute atomic E-state index is 12.6. The van der Waals surface area contributed by atoms with Gasteiger partial charge < -0.3 is 4.98 Å². The number of benzene rings is 1. The first-order valence-electron chi connectivity index (χ1n) is 8.28. The summed E-state index contributed by atoms with van der Waals surface area (Å²) in [6.07, 6.45) is 4.11. The molecule has 3 heterocycles. The summed E-state index contributed by atoms with van der Waals surface area (Å²) in [7, 11) is 0. The van der Waals surface area contributed by atoms with E-state index in [9.17, 15) is 4.79 Å². The molecule has 0 bridgehead atoms. The van der Waals surface area contributed by atoms with Gasteiger partial charge in [0.25, 0.3) is 5.56 Å². The number of halogens is 2. The Morgan fingerprint density at radius 2 is 2.00 bits per heavy atom. The van der Waals surface area contributed by atoms with Crippen molar-refractivity contribution in [1.82, 2.24) is 19.9 Å². The van der Waals surface area contributed by atoms with Gasteiger partial charge in [0.1, 0.15) is 5.82 Å². The van der Waals surface area contributed by atoms with Crippen molar-refractivity contribution in [1.29, 1.82) is 0 Å². The molecule has 1 N–H and O–H groups in total. The molecular formula is C19H16Cl2N4O. The zero-order valence-electron chi connectivity index (χ0n) is 13.9. The molecule has 1 aliphatic rings. The van der Waals surface area contributed by atoms with Crippen molar-refractivity contribution in [3.63, 3.8) is 0 Å². The van der Waals surface area contributed by atoms with E-state index in [-0.39, 0.29) is 5.56 Å². The summed E-state index contributed by atoms with van der Waals surface area (Å²) in [6.45, 7) is 2.05. The molecule has 2 aromatic heterocycles. The van der Waals surface area contributed by atoms with Crippen LogP contribution in [0.25, 0.3) is 11.4 Å². The first kappa shape index (κ1) is 17.2. The van der Waals surface area contributed by atoms with E-state index in [1.807, 2.05) is 24.3 Å². The molecule has 132 valence electrons. The van der Waals surface area contributed by atoms with Crippen LogP contribution in [0.4, 0.5) is 0 Å². The van der Waals surface area contributed by atoms with Crippen LogP contribution in [0.15, 0.2) is 47.5 Å². The van der Waals surface area contributed by atoms with Gasteiger partial charge in [-0.25, -0.2) is 4.98 Å². The fourth-order valence-corrected chi connectivity index (χ4v) is 3.79. The lowest BCUT2D eigenvalue weighted by Gasteiger charge is -2.27. The maximum atomic E-state index is 12.6. The molecule has 0 atom stereocenters. The summed E-state index contributed by atoms with van der Waals surface area (Å²) < 4.78 is 0. The monoisotopic (exact) mass is 386 g/mol. The number of aromatic amines is 1. The van der Waals surface area contributed by atoms with Crippen LogP contribution in [-0.2, 0) is 19.5 Å². The molecule has 0 saturated heterocycles. The molecule has 1 aromatic carbocycles. The van der Waals surface area contributed by atoms with Gasteiger partial charge in [0, 0.05) is 54.1 Å². The highest BCUT2D eigenvalue weighted by molar-refractivity contribution is 6.34. The van der Waals surface area contributed by atoms with Crippen LogP contribution in [0, 0.1) is 0 Å². The minimum Gasteiger partial charge on any atom is -0.306 e. The van der Waals surface area contributed by atoms with Crippen molar-refractivity contribution >= 4 is 23.2 Å². The van der Waals surface area contributed by atoms with E-state index in [2.05, 4.69) is 19.9 Å². The third kappa shape index (κ3) is 3.65. The van der Waals surface area contributed by atoms with Crippen LogP contribution < -0.4 is 5.56 Å². The average molecular weight is 387 g/mol. The predicted molar refractivity (Wildman–Crippen MR) is 102 cm³/mol. The van der Waals surface area contributed by atoms with Crippen molar-refractivity contribution in [2.24, 2.45) is 0 Å². The molecule has 0 unspecified atom stereocenters. The number of rotatable bonds is 3. The van der Waals surface area contributed by atoms with Crippen molar-refractivity contribution in [3.8, 4) is 11.4 Å². The lowest BCUT2D eigenvalue weighted by atomic mass is 10.1. The Hall–Kier alpha value is -2.21.